The van der Waals surface area contributed by atoms with Crippen LogP contribution in [-0.4, -0.2) is 19.6 Å². The van der Waals surface area contributed by atoms with Crippen molar-refractivity contribution in [2.45, 2.75) is 26.2 Å². The number of rotatable bonds is 2. The molecule has 2 aromatic carbocycles. The van der Waals surface area contributed by atoms with Gasteiger partial charge in [-0.25, -0.2) is 0 Å². The lowest BCUT2D eigenvalue weighted by Gasteiger charge is -2.26. The van der Waals surface area contributed by atoms with Crippen LogP contribution in [0.5, 0.6) is 5.75 Å². The highest BCUT2D eigenvalue weighted by Crippen LogP contribution is 2.34. The third kappa shape index (κ3) is 3.16. The first-order valence-electron chi connectivity index (χ1n) is 7.75. The molecule has 0 spiro atoms. The fraction of sp³-hybridized carbons (Fsp3) is 0.316. The molecule has 1 N–H and O–H groups in total. The highest BCUT2D eigenvalue weighted by Gasteiger charge is 2.22. The largest absolute Gasteiger partial charge is 0.481 e. The van der Waals surface area contributed by atoms with Crippen LogP contribution < -0.4 is 15.0 Å². The van der Waals surface area contributed by atoms with E-state index in [1.807, 2.05) is 18.2 Å². The quantitative estimate of drug-likeness (QED) is 0.908. The summed E-state index contributed by atoms with van der Waals surface area (Å²) in [5.74, 6) is 0.694. The van der Waals surface area contributed by atoms with Gasteiger partial charge < -0.3 is 15.0 Å². The fourth-order valence-corrected chi connectivity index (χ4v) is 2.58. The lowest BCUT2D eigenvalue weighted by atomic mass is 9.87. The van der Waals surface area contributed by atoms with Gasteiger partial charge >= 0.3 is 0 Å². The van der Waals surface area contributed by atoms with Gasteiger partial charge in [-0.1, -0.05) is 32.9 Å². The predicted molar refractivity (Wildman–Crippen MR) is 93.8 cm³/mol. The number of carbonyl (C=O) groups is 1. The molecule has 0 aliphatic carbocycles. The Labute approximate surface area is 137 Å². The summed E-state index contributed by atoms with van der Waals surface area (Å²) < 4.78 is 5.52. The Morgan fingerprint density at radius 1 is 1.04 bits per heavy atom. The minimum absolute atomic E-state index is 0.0315. The maximum atomic E-state index is 11.6. The zero-order valence-electron chi connectivity index (χ0n) is 14.0. The van der Waals surface area contributed by atoms with Gasteiger partial charge in [0.25, 0.3) is 5.91 Å². The second kappa shape index (κ2) is 5.61. The predicted octanol–water partition coefficient (Wildman–Crippen LogP) is 4.08. The van der Waals surface area contributed by atoms with Crippen LogP contribution in [0.15, 0.2) is 42.5 Å². The summed E-state index contributed by atoms with van der Waals surface area (Å²) in [6.07, 6.45) is 0. The molecule has 0 saturated heterocycles. The van der Waals surface area contributed by atoms with Gasteiger partial charge in [-0.05, 0) is 35.2 Å². The number of nitrogens with zero attached hydrogens (tertiary/aromatic N) is 1. The number of carbonyl (C=O) groups excluding carboxylic acids is 1. The van der Waals surface area contributed by atoms with Crippen LogP contribution in [0.4, 0.5) is 17.1 Å². The van der Waals surface area contributed by atoms with Gasteiger partial charge in [-0.3, -0.25) is 4.79 Å². The summed E-state index contributed by atoms with van der Waals surface area (Å²) in [5, 5.41) is 3.38. The number of nitrogens with one attached hydrogen (secondary N) is 1. The van der Waals surface area contributed by atoms with Gasteiger partial charge in [0.1, 0.15) is 5.75 Å². The Balaban J connectivity index is 1.80. The van der Waals surface area contributed by atoms with Crippen molar-refractivity contribution in [1.29, 1.82) is 0 Å². The van der Waals surface area contributed by atoms with Crippen molar-refractivity contribution in [3.63, 3.8) is 0 Å². The molecule has 120 valence electrons. The number of hydrogen-bond donors (Lipinski definition) is 1. The molecule has 2 aromatic rings. The van der Waals surface area contributed by atoms with Crippen LogP contribution in [0.1, 0.15) is 26.3 Å². The standard InChI is InChI=1S/C19H22N2O2/c1-19(2,3)13-5-7-14(8-6-13)20-15-9-10-16-17(11-15)23-12-18(22)21(16)4/h5-11,20H,12H2,1-4H3. The zero-order valence-corrected chi connectivity index (χ0v) is 14.0. The van der Waals surface area contributed by atoms with E-state index < -0.39 is 0 Å². The van der Waals surface area contributed by atoms with Crippen molar-refractivity contribution in [3.8, 4) is 5.75 Å². The zero-order chi connectivity index (χ0) is 16.6. The van der Waals surface area contributed by atoms with E-state index >= 15 is 0 Å². The minimum Gasteiger partial charge on any atom is -0.481 e. The molecule has 23 heavy (non-hydrogen) atoms. The topological polar surface area (TPSA) is 41.6 Å². The van der Waals surface area contributed by atoms with E-state index in [-0.39, 0.29) is 17.9 Å². The summed E-state index contributed by atoms with van der Waals surface area (Å²) in [5.41, 5.74) is 4.22. The average molecular weight is 310 g/mol. The highest BCUT2D eigenvalue weighted by atomic mass is 16.5. The molecule has 4 nitrogen and oxygen atoms in total. The van der Waals surface area contributed by atoms with Gasteiger partial charge in [0.2, 0.25) is 0 Å². The molecule has 0 bridgehead atoms. The Bertz CT molecular complexity index is 730. The number of hydrogen-bond acceptors (Lipinski definition) is 3. The summed E-state index contributed by atoms with van der Waals surface area (Å²) in [4.78, 5) is 13.3. The van der Waals surface area contributed by atoms with E-state index in [2.05, 4.69) is 50.4 Å². The maximum Gasteiger partial charge on any atom is 0.264 e. The Kier molecular flexibility index (Phi) is 3.76. The monoisotopic (exact) mass is 310 g/mol. The van der Waals surface area contributed by atoms with Crippen molar-refractivity contribution >= 4 is 23.0 Å². The second-order valence-electron chi connectivity index (χ2n) is 6.88. The number of fused-ring (bicyclic) bond motifs is 1. The van der Waals surface area contributed by atoms with Gasteiger partial charge in [-0.2, -0.15) is 0 Å². The first-order chi connectivity index (χ1) is 10.8. The van der Waals surface area contributed by atoms with Crippen LogP contribution in [0.2, 0.25) is 0 Å². The fourth-order valence-electron chi connectivity index (χ4n) is 2.58. The van der Waals surface area contributed by atoms with Crippen molar-refractivity contribution in [3.05, 3.63) is 48.0 Å². The molecular formula is C19H22N2O2. The first-order valence-corrected chi connectivity index (χ1v) is 7.75. The molecule has 0 saturated carbocycles. The average Bonchev–Trinajstić information content (AvgIpc) is 2.51. The summed E-state index contributed by atoms with van der Waals surface area (Å²) in [7, 11) is 1.77. The van der Waals surface area contributed by atoms with Gasteiger partial charge in [-0.15, -0.1) is 0 Å². The molecule has 0 fully saturated rings. The van der Waals surface area contributed by atoms with E-state index in [0.29, 0.717) is 0 Å². The third-order valence-corrected chi connectivity index (χ3v) is 4.09. The Morgan fingerprint density at radius 2 is 1.70 bits per heavy atom. The molecular weight excluding hydrogens is 288 g/mol. The lowest BCUT2D eigenvalue weighted by molar-refractivity contribution is -0.120. The Morgan fingerprint density at radius 3 is 2.35 bits per heavy atom. The van der Waals surface area contributed by atoms with Crippen molar-refractivity contribution in [2.75, 3.05) is 23.9 Å². The van der Waals surface area contributed by atoms with Crippen molar-refractivity contribution < 1.29 is 9.53 Å². The van der Waals surface area contributed by atoms with Gasteiger partial charge in [0.15, 0.2) is 6.61 Å². The van der Waals surface area contributed by atoms with Crippen LogP contribution in [0, 0.1) is 0 Å². The number of likely N-dealkylation sites (N-methyl/N-ethyl adjacent to an activating group) is 1. The molecule has 0 aromatic heterocycles. The molecule has 1 aliphatic heterocycles. The normalized spacial score (nSPS) is 14.3. The third-order valence-electron chi connectivity index (χ3n) is 4.09. The number of benzene rings is 2. The van der Waals surface area contributed by atoms with E-state index in [0.717, 1.165) is 22.8 Å². The molecule has 0 atom stereocenters. The van der Waals surface area contributed by atoms with Crippen LogP contribution in [-0.2, 0) is 10.2 Å². The van der Waals surface area contributed by atoms with Crippen LogP contribution in [0.25, 0.3) is 0 Å². The van der Waals surface area contributed by atoms with E-state index in [1.54, 1.807) is 11.9 Å². The summed E-state index contributed by atoms with van der Waals surface area (Å²) >= 11 is 0. The van der Waals surface area contributed by atoms with E-state index in [4.69, 9.17) is 4.74 Å². The number of anilines is 3. The minimum atomic E-state index is -0.0315. The van der Waals surface area contributed by atoms with Crippen molar-refractivity contribution in [2.24, 2.45) is 0 Å². The van der Waals surface area contributed by atoms with E-state index in [9.17, 15) is 4.79 Å². The summed E-state index contributed by atoms with van der Waals surface area (Å²) in [6, 6.07) is 14.2. The summed E-state index contributed by atoms with van der Waals surface area (Å²) in [6.45, 7) is 6.70. The molecule has 0 radical (unpaired) electrons. The molecule has 1 aliphatic rings. The van der Waals surface area contributed by atoms with Crippen LogP contribution >= 0.6 is 0 Å². The lowest BCUT2D eigenvalue weighted by Crippen LogP contribution is -2.35. The number of ether oxygens (including phenoxy) is 1. The SMILES string of the molecule is CN1C(=O)COc2cc(Nc3ccc(C(C)(C)C)cc3)ccc21. The first kappa shape index (κ1) is 15.4. The maximum absolute atomic E-state index is 11.6. The van der Waals surface area contributed by atoms with Gasteiger partial charge in [0, 0.05) is 24.5 Å². The van der Waals surface area contributed by atoms with Gasteiger partial charge in [0.05, 0.1) is 5.69 Å². The van der Waals surface area contributed by atoms with Crippen molar-refractivity contribution in [1.82, 2.24) is 0 Å². The highest BCUT2D eigenvalue weighted by molar-refractivity contribution is 5.97. The molecule has 1 amide bonds. The molecule has 3 rings (SSSR count). The smallest absolute Gasteiger partial charge is 0.264 e. The molecule has 0 unspecified atom stereocenters. The number of amides is 1. The van der Waals surface area contributed by atoms with Crippen LogP contribution in [0.3, 0.4) is 0 Å². The Hall–Kier alpha value is -2.49. The van der Waals surface area contributed by atoms with E-state index in [1.165, 1.54) is 5.56 Å². The second-order valence-corrected chi connectivity index (χ2v) is 6.88. The molecule has 4 heteroatoms. The molecule has 1 heterocycles.